The lowest BCUT2D eigenvalue weighted by Gasteiger charge is -2.34. The van der Waals surface area contributed by atoms with E-state index in [0.29, 0.717) is 24.3 Å². The second-order valence-electron chi connectivity index (χ2n) is 8.61. The first-order valence-corrected chi connectivity index (χ1v) is 10.8. The van der Waals surface area contributed by atoms with Crippen LogP contribution in [0.25, 0.3) is 10.9 Å². The van der Waals surface area contributed by atoms with Crippen LogP contribution in [-0.2, 0) is 11.3 Å². The molecule has 0 atom stereocenters. The standard InChI is InChI=1S/C21H28F3N3O2.C2H6/c1-14-12-16-17(6-5-7-18(16)27(14)13-21(22,23)24)25-15-8-10-26(11-9-15)19(28)29-20(2,3)4;1-2/h5-7,12,15,25H,8-11,13H2,1-4H3;1-2H3. The average molecular weight is 442 g/mol. The van der Waals surface area contributed by atoms with Gasteiger partial charge in [-0.3, -0.25) is 0 Å². The number of aryl methyl sites for hydroxylation is 1. The number of aromatic nitrogens is 1. The number of ether oxygens (including phenoxy) is 1. The van der Waals surface area contributed by atoms with Crippen LogP contribution in [0, 0.1) is 6.92 Å². The summed E-state index contributed by atoms with van der Waals surface area (Å²) in [6.07, 6.45) is -3.08. The van der Waals surface area contributed by atoms with Crippen LogP contribution in [0.1, 0.15) is 53.2 Å². The van der Waals surface area contributed by atoms with E-state index in [1.165, 1.54) is 4.57 Å². The summed E-state index contributed by atoms with van der Waals surface area (Å²) in [4.78, 5) is 13.9. The summed E-state index contributed by atoms with van der Waals surface area (Å²) in [5.74, 6) is 0. The predicted octanol–water partition coefficient (Wildman–Crippen LogP) is 6.35. The van der Waals surface area contributed by atoms with Crippen LogP contribution >= 0.6 is 0 Å². The Balaban J connectivity index is 0.00000166. The highest BCUT2D eigenvalue weighted by Crippen LogP contribution is 2.31. The fourth-order valence-corrected chi connectivity index (χ4v) is 3.68. The van der Waals surface area contributed by atoms with Crippen molar-refractivity contribution in [1.82, 2.24) is 9.47 Å². The Bertz CT molecular complexity index is 877. The molecule has 1 aliphatic heterocycles. The summed E-state index contributed by atoms with van der Waals surface area (Å²) in [7, 11) is 0. The van der Waals surface area contributed by atoms with Crippen molar-refractivity contribution < 1.29 is 22.7 Å². The van der Waals surface area contributed by atoms with Gasteiger partial charge in [0.15, 0.2) is 0 Å². The molecule has 8 heteroatoms. The van der Waals surface area contributed by atoms with E-state index in [-0.39, 0.29) is 12.1 Å². The Labute approximate surface area is 182 Å². The van der Waals surface area contributed by atoms with E-state index in [9.17, 15) is 18.0 Å². The lowest BCUT2D eigenvalue weighted by Crippen LogP contribution is -2.44. The second-order valence-corrected chi connectivity index (χ2v) is 8.61. The van der Waals surface area contributed by atoms with E-state index in [1.54, 1.807) is 30.0 Å². The summed E-state index contributed by atoms with van der Waals surface area (Å²) in [5, 5.41) is 4.24. The quantitative estimate of drug-likeness (QED) is 0.604. The summed E-state index contributed by atoms with van der Waals surface area (Å²) in [6.45, 7) is 11.4. The first-order valence-electron chi connectivity index (χ1n) is 10.8. The lowest BCUT2D eigenvalue weighted by molar-refractivity contribution is -0.140. The molecule has 31 heavy (non-hydrogen) atoms. The summed E-state index contributed by atoms with van der Waals surface area (Å²) in [5.41, 5.74) is 1.44. The number of alkyl halides is 3. The van der Waals surface area contributed by atoms with Crippen molar-refractivity contribution >= 4 is 22.7 Å². The Morgan fingerprint density at radius 2 is 1.77 bits per heavy atom. The number of nitrogens with one attached hydrogen (secondary N) is 1. The highest BCUT2D eigenvalue weighted by molar-refractivity contribution is 5.93. The molecule has 0 saturated carbocycles. The van der Waals surface area contributed by atoms with Crippen LogP contribution in [0.15, 0.2) is 24.3 Å². The molecule has 1 N–H and O–H groups in total. The number of likely N-dealkylation sites (tertiary alicyclic amines) is 1. The fourth-order valence-electron chi connectivity index (χ4n) is 3.68. The maximum Gasteiger partial charge on any atom is 0.410 e. The van der Waals surface area contributed by atoms with Gasteiger partial charge in [-0.15, -0.1) is 0 Å². The Kier molecular flexibility index (Phi) is 7.89. The van der Waals surface area contributed by atoms with Gasteiger partial charge >= 0.3 is 12.3 Å². The molecule has 5 nitrogen and oxygen atoms in total. The molecule has 2 aromatic rings. The minimum Gasteiger partial charge on any atom is -0.444 e. The molecule has 1 aromatic heterocycles. The summed E-state index contributed by atoms with van der Waals surface area (Å²) >= 11 is 0. The number of carbonyl (C=O) groups is 1. The number of carbonyl (C=O) groups excluding carboxylic acids is 1. The molecule has 0 radical (unpaired) electrons. The number of fused-ring (bicyclic) bond motifs is 1. The molecule has 2 heterocycles. The van der Waals surface area contributed by atoms with Crippen molar-refractivity contribution in [3.8, 4) is 0 Å². The van der Waals surface area contributed by atoms with Gasteiger partial charge in [0.25, 0.3) is 0 Å². The van der Waals surface area contributed by atoms with Crippen molar-refractivity contribution in [3.05, 3.63) is 30.0 Å². The Morgan fingerprint density at radius 1 is 1.16 bits per heavy atom. The average Bonchev–Trinajstić information content (AvgIpc) is 2.98. The van der Waals surface area contributed by atoms with E-state index in [2.05, 4.69) is 5.32 Å². The SMILES string of the molecule is CC.Cc1cc2c(NC3CCN(C(=O)OC(C)(C)C)CC3)cccc2n1CC(F)(F)F. The van der Waals surface area contributed by atoms with Gasteiger partial charge in [0, 0.05) is 35.9 Å². The van der Waals surface area contributed by atoms with Gasteiger partial charge in [-0.2, -0.15) is 13.2 Å². The molecular weight excluding hydrogens is 407 g/mol. The van der Waals surface area contributed by atoms with Gasteiger partial charge in [0.05, 0.1) is 5.52 Å². The molecule has 0 bridgehead atoms. The van der Waals surface area contributed by atoms with Gasteiger partial charge in [-0.05, 0) is 58.7 Å². The molecular formula is C23H34F3N3O2. The van der Waals surface area contributed by atoms with Crippen LogP contribution in [0.5, 0.6) is 0 Å². The Hall–Kier alpha value is -2.38. The van der Waals surface area contributed by atoms with Gasteiger partial charge < -0.3 is 19.5 Å². The monoisotopic (exact) mass is 441 g/mol. The molecule has 1 fully saturated rings. The van der Waals surface area contributed by atoms with Crippen LogP contribution in [-0.4, -0.2) is 46.5 Å². The van der Waals surface area contributed by atoms with Crippen molar-refractivity contribution in [2.24, 2.45) is 0 Å². The molecule has 1 aromatic carbocycles. The van der Waals surface area contributed by atoms with Crippen LogP contribution in [0.2, 0.25) is 0 Å². The summed E-state index contributed by atoms with van der Waals surface area (Å²) < 4.78 is 45.5. The zero-order valence-electron chi connectivity index (χ0n) is 19.3. The third-order valence-electron chi connectivity index (χ3n) is 5.00. The summed E-state index contributed by atoms with van der Waals surface area (Å²) in [6, 6.07) is 7.31. The first-order chi connectivity index (χ1) is 14.4. The van der Waals surface area contributed by atoms with Crippen molar-refractivity contribution in [2.45, 2.75) is 78.7 Å². The molecule has 1 saturated heterocycles. The number of hydrogen-bond donors (Lipinski definition) is 1. The van der Waals surface area contributed by atoms with Crippen molar-refractivity contribution in [2.75, 3.05) is 18.4 Å². The van der Waals surface area contributed by atoms with Crippen molar-refractivity contribution in [1.29, 1.82) is 0 Å². The predicted molar refractivity (Wildman–Crippen MR) is 119 cm³/mol. The van der Waals surface area contributed by atoms with Crippen molar-refractivity contribution in [3.63, 3.8) is 0 Å². The van der Waals surface area contributed by atoms with E-state index < -0.39 is 18.3 Å². The maximum absolute atomic E-state index is 12.9. The molecule has 3 rings (SSSR count). The maximum atomic E-state index is 12.9. The zero-order chi connectivity index (χ0) is 23.4. The smallest absolute Gasteiger partial charge is 0.410 e. The normalized spacial score (nSPS) is 15.5. The molecule has 0 aliphatic carbocycles. The molecule has 1 aliphatic rings. The van der Waals surface area contributed by atoms with Crippen LogP contribution in [0.4, 0.5) is 23.7 Å². The van der Waals surface area contributed by atoms with Gasteiger partial charge in [-0.1, -0.05) is 19.9 Å². The minimum absolute atomic E-state index is 0.144. The molecule has 1 amide bonds. The number of hydrogen-bond acceptors (Lipinski definition) is 3. The van der Waals surface area contributed by atoms with E-state index in [4.69, 9.17) is 4.74 Å². The third kappa shape index (κ3) is 6.80. The number of rotatable bonds is 3. The van der Waals surface area contributed by atoms with E-state index >= 15 is 0 Å². The number of amides is 1. The number of halogens is 3. The minimum atomic E-state index is -4.27. The van der Waals surface area contributed by atoms with E-state index in [1.807, 2.05) is 40.7 Å². The largest absolute Gasteiger partial charge is 0.444 e. The molecule has 0 spiro atoms. The van der Waals surface area contributed by atoms with E-state index in [0.717, 1.165) is 23.9 Å². The highest BCUT2D eigenvalue weighted by atomic mass is 19.4. The van der Waals surface area contributed by atoms with Crippen LogP contribution in [0.3, 0.4) is 0 Å². The zero-order valence-corrected chi connectivity index (χ0v) is 19.3. The fraction of sp³-hybridized carbons (Fsp3) is 0.609. The molecule has 0 unspecified atom stereocenters. The Morgan fingerprint density at radius 3 is 2.32 bits per heavy atom. The van der Waals surface area contributed by atoms with Gasteiger partial charge in [0.1, 0.15) is 12.1 Å². The van der Waals surface area contributed by atoms with Gasteiger partial charge in [0.2, 0.25) is 0 Å². The third-order valence-corrected chi connectivity index (χ3v) is 5.00. The molecule has 174 valence electrons. The highest BCUT2D eigenvalue weighted by Gasteiger charge is 2.30. The topological polar surface area (TPSA) is 46.5 Å². The number of nitrogens with zero attached hydrogens (tertiary/aromatic N) is 2. The number of benzene rings is 1. The van der Waals surface area contributed by atoms with Crippen LogP contribution < -0.4 is 5.32 Å². The second kappa shape index (κ2) is 9.83. The first kappa shape index (κ1) is 24.9. The lowest BCUT2D eigenvalue weighted by atomic mass is 10.0. The number of piperidine rings is 1. The number of anilines is 1. The van der Waals surface area contributed by atoms with Gasteiger partial charge in [-0.25, -0.2) is 4.79 Å².